The molecule has 1 saturated heterocycles. The van der Waals surface area contributed by atoms with Crippen LogP contribution in [0.15, 0.2) is 34.1 Å². The van der Waals surface area contributed by atoms with Crippen LogP contribution in [0.4, 0.5) is 5.69 Å². The molecule has 25 heavy (non-hydrogen) atoms. The predicted octanol–water partition coefficient (Wildman–Crippen LogP) is 4.14. The zero-order chi connectivity index (χ0) is 18.1. The lowest BCUT2D eigenvalue weighted by atomic mass is 10.1. The van der Waals surface area contributed by atoms with E-state index < -0.39 is 0 Å². The van der Waals surface area contributed by atoms with E-state index in [1.807, 2.05) is 44.2 Å². The minimum atomic E-state index is -0.277. The Morgan fingerprint density at radius 1 is 1.32 bits per heavy atom. The quantitative estimate of drug-likeness (QED) is 0.745. The van der Waals surface area contributed by atoms with E-state index in [1.54, 1.807) is 28.2 Å². The number of thiophene rings is 1. The Hall–Kier alpha value is -1.66. The van der Waals surface area contributed by atoms with Crippen molar-refractivity contribution in [1.29, 1.82) is 0 Å². The van der Waals surface area contributed by atoms with Gasteiger partial charge in [-0.1, -0.05) is 12.1 Å². The molecule has 1 aliphatic rings. The fourth-order valence-corrected chi connectivity index (χ4v) is 4.73. The molecular weight excluding hydrogens is 400 g/mol. The van der Waals surface area contributed by atoms with Gasteiger partial charge in [0.05, 0.1) is 16.2 Å². The lowest BCUT2D eigenvalue weighted by Gasteiger charge is -2.22. The summed E-state index contributed by atoms with van der Waals surface area (Å²) < 4.78 is 1.06. The third kappa shape index (κ3) is 3.80. The summed E-state index contributed by atoms with van der Waals surface area (Å²) in [5.74, 6) is -0.217. The van der Waals surface area contributed by atoms with Gasteiger partial charge >= 0.3 is 0 Å². The van der Waals surface area contributed by atoms with Crippen molar-refractivity contribution in [2.24, 2.45) is 5.92 Å². The van der Waals surface area contributed by atoms with Crippen LogP contribution in [0.25, 0.3) is 0 Å². The van der Waals surface area contributed by atoms with E-state index in [0.717, 1.165) is 25.5 Å². The molecule has 2 amide bonds. The lowest BCUT2D eigenvalue weighted by molar-refractivity contribution is -0.135. The Morgan fingerprint density at radius 2 is 2.08 bits per heavy atom. The second-order valence-electron chi connectivity index (χ2n) is 6.52. The van der Waals surface area contributed by atoms with Crippen molar-refractivity contribution in [1.82, 2.24) is 4.90 Å². The van der Waals surface area contributed by atoms with E-state index in [0.29, 0.717) is 13.1 Å². The number of nitrogens with zero attached hydrogens (tertiary/aromatic N) is 2. The molecule has 0 radical (unpaired) electrons. The summed E-state index contributed by atoms with van der Waals surface area (Å²) >= 11 is 5.07. The first-order chi connectivity index (χ1) is 11.9. The van der Waals surface area contributed by atoms with Gasteiger partial charge < -0.3 is 9.80 Å². The van der Waals surface area contributed by atoms with Crippen LogP contribution in [0.3, 0.4) is 0 Å². The minimum absolute atomic E-state index is 0.0271. The Kier molecular flexibility index (Phi) is 5.29. The summed E-state index contributed by atoms with van der Waals surface area (Å²) in [5.41, 5.74) is 3.17. The van der Waals surface area contributed by atoms with Crippen molar-refractivity contribution < 1.29 is 9.59 Å². The van der Waals surface area contributed by atoms with Crippen molar-refractivity contribution >= 4 is 44.8 Å². The van der Waals surface area contributed by atoms with Crippen molar-refractivity contribution in [3.05, 3.63) is 50.1 Å². The molecule has 2 heterocycles. The maximum atomic E-state index is 12.8. The summed E-state index contributed by atoms with van der Waals surface area (Å²) in [6.45, 7) is 5.09. The second-order valence-corrected chi connectivity index (χ2v) is 9.07. The highest BCUT2D eigenvalue weighted by atomic mass is 79.9. The van der Waals surface area contributed by atoms with Gasteiger partial charge in [0.15, 0.2) is 0 Å². The summed E-state index contributed by atoms with van der Waals surface area (Å²) in [5, 5.41) is 0. The molecule has 0 spiro atoms. The van der Waals surface area contributed by atoms with E-state index in [9.17, 15) is 9.59 Å². The smallest absolute Gasteiger partial charge is 0.228 e. The van der Waals surface area contributed by atoms with Crippen LogP contribution in [-0.2, 0) is 16.1 Å². The number of amides is 2. The monoisotopic (exact) mass is 420 g/mol. The van der Waals surface area contributed by atoms with Crippen molar-refractivity contribution in [2.45, 2.75) is 26.8 Å². The number of hydrogen-bond donors (Lipinski definition) is 0. The van der Waals surface area contributed by atoms with Gasteiger partial charge in [-0.2, -0.15) is 0 Å². The van der Waals surface area contributed by atoms with Gasteiger partial charge in [-0.25, -0.2) is 0 Å². The molecule has 3 rings (SSSR count). The number of carbonyl (C=O) groups is 2. The van der Waals surface area contributed by atoms with Gasteiger partial charge in [0.1, 0.15) is 0 Å². The van der Waals surface area contributed by atoms with Gasteiger partial charge in [0.2, 0.25) is 11.8 Å². The minimum Gasteiger partial charge on any atom is -0.340 e. The molecule has 1 fully saturated rings. The maximum Gasteiger partial charge on any atom is 0.228 e. The number of rotatable bonds is 4. The summed E-state index contributed by atoms with van der Waals surface area (Å²) in [6, 6.07) is 9.95. The van der Waals surface area contributed by atoms with E-state index in [1.165, 1.54) is 0 Å². The molecule has 0 N–H and O–H groups in total. The lowest BCUT2D eigenvalue weighted by Crippen LogP contribution is -2.34. The van der Waals surface area contributed by atoms with Gasteiger partial charge in [-0.15, -0.1) is 11.3 Å². The highest BCUT2D eigenvalue weighted by Crippen LogP contribution is 2.30. The third-order valence-corrected chi connectivity index (χ3v) is 6.35. The number of carbonyl (C=O) groups excluding carboxylic acids is 2. The van der Waals surface area contributed by atoms with E-state index >= 15 is 0 Å². The molecule has 0 unspecified atom stereocenters. The molecule has 1 aromatic heterocycles. The first-order valence-electron chi connectivity index (χ1n) is 8.22. The fraction of sp³-hybridized carbons (Fsp3) is 0.368. The normalized spacial score (nSPS) is 17.2. The van der Waals surface area contributed by atoms with Crippen LogP contribution >= 0.6 is 27.3 Å². The summed E-state index contributed by atoms with van der Waals surface area (Å²) in [6.07, 6.45) is 0.282. The van der Waals surface area contributed by atoms with E-state index in [4.69, 9.17) is 0 Å². The molecule has 6 heteroatoms. The Balaban J connectivity index is 1.71. The van der Waals surface area contributed by atoms with E-state index in [-0.39, 0.29) is 24.2 Å². The molecule has 0 aliphatic carbocycles. The summed E-state index contributed by atoms with van der Waals surface area (Å²) in [4.78, 5) is 29.9. The second kappa shape index (κ2) is 7.30. The molecule has 4 nitrogen and oxygen atoms in total. The van der Waals surface area contributed by atoms with Gasteiger partial charge in [-0.05, 0) is 59.1 Å². The Labute approximate surface area is 160 Å². The van der Waals surface area contributed by atoms with E-state index in [2.05, 4.69) is 15.9 Å². The number of halogens is 1. The first kappa shape index (κ1) is 18.1. The molecule has 0 saturated carbocycles. The standard InChI is InChI=1S/C19H21BrN2O2S/c1-12-5-4-6-16(13(12)2)22-10-14(9-18(22)23)19(24)21(3)11-15-7-8-17(20)25-15/h4-8,14H,9-11H2,1-3H3/t14-/m1/s1. The number of benzene rings is 1. The van der Waals surface area contributed by atoms with Crippen molar-refractivity contribution in [3.63, 3.8) is 0 Å². The average Bonchev–Trinajstić information content (AvgIpc) is 3.15. The first-order valence-corrected chi connectivity index (χ1v) is 9.83. The molecule has 1 atom stereocenters. The van der Waals surface area contributed by atoms with Crippen molar-refractivity contribution in [3.8, 4) is 0 Å². The Bertz CT molecular complexity index is 818. The van der Waals surface area contributed by atoms with Gasteiger partial charge in [0, 0.05) is 30.6 Å². The van der Waals surface area contributed by atoms with Gasteiger partial charge in [-0.3, -0.25) is 9.59 Å². The predicted molar refractivity (Wildman–Crippen MR) is 105 cm³/mol. The van der Waals surface area contributed by atoms with Crippen LogP contribution < -0.4 is 4.90 Å². The Morgan fingerprint density at radius 3 is 2.76 bits per heavy atom. The third-order valence-electron chi connectivity index (χ3n) is 4.74. The van der Waals surface area contributed by atoms with Crippen LogP contribution in [0.2, 0.25) is 0 Å². The molecule has 1 aliphatic heterocycles. The molecular formula is C19H21BrN2O2S. The number of anilines is 1. The largest absolute Gasteiger partial charge is 0.340 e. The van der Waals surface area contributed by atoms with Crippen molar-refractivity contribution in [2.75, 3.05) is 18.5 Å². The summed E-state index contributed by atoms with van der Waals surface area (Å²) in [7, 11) is 1.81. The topological polar surface area (TPSA) is 40.6 Å². The van der Waals surface area contributed by atoms with Crippen LogP contribution in [0.1, 0.15) is 22.4 Å². The fourth-order valence-electron chi connectivity index (χ4n) is 3.19. The zero-order valence-corrected chi connectivity index (χ0v) is 17.0. The highest BCUT2D eigenvalue weighted by Gasteiger charge is 2.37. The van der Waals surface area contributed by atoms with Crippen LogP contribution in [0.5, 0.6) is 0 Å². The number of aryl methyl sites for hydroxylation is 1. The SMILES string of the molecule is Cc1cccc(N2C[C@H](C(=O)N(C)Cc3ccc(Br)s3)CC2=O)c1C. The molecule has 0 bridgehead atoms. The molecule has 2 aromatic rings. The van der Waals surface area contributed by atoms with Crippen LogP contribution in [-0.4, -0.2) is 30.3 Å². The number of hydrogen-bond acceptors (Lipinski definition) is 3. The van der Waals surface area contributed by atoms with Gasteiger partial charge in [0.25, 0.3) is 0 Å². The molecule has 1 aromatic carbocycles. The highest BCUT2D eigenvalue weighted by molar-refractivity contribution is 9.11. The zero-order valence-electron chi connectivity index (χ0n) is 14.6. The molecule has 132 valence electrons. The maximum absolute atomic E-state index is 12.8. The van der Waals surface area contributed by atoms with Crippen LogP contribution in [0, 0.1) is 19.8 Å². The average molecular weight is 421 g/mol.